The van der Waals surface area contributed by atoms with Crippen LogP contribution >= 0.6 is 0 Å². The van der Waals surface area contributed by atoms with E-state index in [9.17, 15) is 0 Å². The molecular weight excluding hydrogens is 230 g/mol. The van der Waals surface area contributed by atoms with Crippen molar-refractivity contribution in [3.05, 3.63) is 42.0 Å². The molecule has 1 N–H and O–H groups in total. The Morgan fingerprint density at radius 1 is 1.26 bits per heavy atom. The first-order valence-corrected chi connectivity index (χ1v) is 7.68. The van der Waals surface area contributed by atoms with Crippen molar-refractivity contribution in [3.8, 4) is 0 Å². The predicted octanol–water partition coefficient (Wildman–Crippen LogP) is 5.25. The Morgan fingerprint density at radius 3 is 2.63 bits per heavy atom. The molecule has 2 rings (SSSR count). The van der Waals surface area contributed by atoms with E-state index < -0.39 is 0 Å². The van der Waals surface area contributed by atoms with Gasteiger partial charge in [-0.2, -0.15) is 0 Å². The van der Waals surface area contributed by atoms with Gasteiger partial charge < -0.3 is 5.32 Å². The summed E-state index contributed by atoms with van der Waals surface area (Å²) in [6.45, 7) is 8.42. The topological polar surface area (TPSA) is 12.0 Å². The standard InChI is InChI=1S/C18H27N/c1-4-12-18(13-7-6-8-14-18)19-17-15(3)10-9-11-16(17)5-2/h4,9-11,19H,1,5-8,12-14H2,2-3H3. The summed E-state index contributed by atoms with van der Waals surface area (Å²) in [7, 11) is 0. The number of nitrogens with one attached hydrogen (secondary N) is 1. The first kappa shape index (κ1) is 14.2. The van der Waals surface area contributed by atoms with E-state index in [4.69, 9.17) is 0 Å². The molecule has 1 aliphatic carbocycles. The Labute approximate surface area is 118 Å². The van der Waals surface area contributed by atoms with E-state index in [2.05, 4.69) is 50.0 Å². The lowest BCUT2D eigenvalue weighted by Gasteiger charge is -2.39. The first-order valence-electron chi connectivity index (χ1n) is 7.68. The van der Waals surface area contributed by atoms with E-state index in [0.717, 1.165) is 12.8 Å². The molecular formula is C18H27N. The zero-order valence-electron chi connectivity index (χ0n) is 12.5. The van der Waals surface area contributed by atoms with Crippen molar-refractivity contribution in [3.63, 3.8) is 0 Å². The molecule has 0 radical (unpaired) electrons. The number of hydrogen-bond donors (Lipinski definition) is 1. The average Bonchev–Trinajstić information content (AvgIpc) is 2.42. The van der Waals surface area contributed by atoms with Gasteiger partial charge in [-0.25, -0.2) is 0 Å². The van der Waals surface area contributed by atoms with Gasteiger partial charge in [0.15, 0.2) is 0 Å². The predicted molar refractivity (Wildman–Crippen MR) is 84.8 cm³/mol. The van der Waals surface area contributed by atoms with Gasteiger partial charge in [0.2, 0.25) is 0 Å². The van der Waals surface area contributed by atoms with Gasteiger partial charge in [0.1, 0.15) is 0 Å². The van der Waals surface area contributed by atoms with Crippen molar-refractivity contribution in [1.82, 2.24) is 0 Å². The van der Waals surface area contributed by atoms with Crippen LogP contribution in [0.15, 0.2) is 30.9 Å². The highest BCUT2D eigenvalue weighted by molar-refractivity contribution is 5.59. The minimum absolute atomic E-state index is 0.246. The quantitative estimate of drug-likeness (QED) is 0.710. The number of anilines is 1. The molecule has 0 heterocycles. The van der Waals surface area contributed by atoms with E-state index in [0.29, 0.717) is 0 Å². The number of aryl methyl sites for hydroxylation is 2. The molecule has 1 aliphatic rings. The van der Waals surface area contributed by atoms with Gasteiger partial charge in [-0.1, -0.05) is 50.5 Å². The zero-order chi connectivity index (χ0) is 13.7. The lowest BCUT2D eigenvalue weighted by molar-refractivity contribution is 0.325. The van der Waals surface area contributed by atoms with Crippen LogP contribution in [0.2, 0.25) is 0 Å². The van der Waals surface area contributed by atoms with Crippen LogP contribution in [0.5, 0.6) is 0 Å². The van der Waals surface area contributed by atoms with Crippen molar-refractivity contribution in [2.75, 3.05) is 5.32 Å². The van der Waals surface area contributed by atoms with Gasteiger partial charge in [0, 0.05) is 11.2 Å². The van der Waals surface area contributed by atoms with Gasteiger partial charge in [-0.05, 0) is 43.7 Å². The summed E-state index contributed by atoms with van der Waals surface area (Å²) in [5.41, 5.74) is 4.42. The molecule has 1 saturated carbocycles. The van der Waals surface area contributed by atoms with E-state index in [1.165, 1.54) is 48.9 Å². The lowest BCUT2D eigenvalue weighted by atomic mass is 9.78. The fourth-order valence-electron chi connectivity index (χ4n) is 3.35. The van der Waals surface area contributed by atoms with E-state index in [-0.39, 0.29) is 5.54 Å². The van der Waals surface area contributed by atoms with Gasteiger partial charge in [-0.3, -0.25) is 0 Å². The smallest absolute Gasteiger partial charge is 0.0408 e. The summed E-state index contributed by atoms with van der Waals surface area (Å²) in [5, 5.41) is 3.91. The molecule has 1 nitrogen and oxygen atoms in total. The Hall–Kier alpha value is -1.24. The van der Waals surface area contributed by atoms with Crippen LogP contribution in [0.1, 0.15) is 56.6 Å². The molecule has 0 bridgehead atoms. The Morgan fingerprint density at radius 2 is 2.00 bits per heavy atom. The summed E-state index contributed by atoms with van der Waals surface area (Å²) in [6.07, 6.45) is 10.9. The second kappa shape index (κ2) is 6.27. The molecule has 104 valence electrons. The van der Waals surface area contributed by atoms with E-state index in [1.807, 2.05) is 0 Å². The zero-order valence-corrected chi connectivity index (χ0v) is 12.5. The maximum absolute atomic E-state index is 3.97. The summed E-state index contributed by atoms with van der Waals surface area (Å²) in [4.78, 5) is 0. The summed E-state index contributed by atoms with van der Waals surface area (Å²) < 4.78 is 0. The molecule has 0 amide bonds. The summed E-state index contributed by atoms with van der Waals surface area (Å²) in [5.74, 6) is 0. The molecule has 0 aliphatic heterocycles. The molecule has 1 fully saturated rings. The summed E-state index contributed by atoms with van der Waals surface area (Å²) in [6, 6.07) is 6.63. The van der Waals surface area contributed by atoms with Gasteiger partial charge in [0.05, 0.1) is 0 Å². The van der Waals surface area contributed by atoms with Crippen LogP contribution in [-0.2, 0) is 6.42 Å². The molecule has 19 heavy (non-hydrogen) atoms. The van der Waals surface area contributed by atoms with Crippen molar-refractivity contribution >= 4 is 5.69 Å². The number of para-hydroxylation sites is 1. The third-order valence-corrected chi connectivity index (χ3v) is 4.48. The highest BCUT2D eigenvalue weighted by Gasteiger charge is 2.31. The molecule has 0 saturated heterocycles. The van der Waals surface area contributed by atoms with Crippen molar-refractivity contribution in [2.24, 2.45) is 0 Å². The number of rotatable bonds is 5. The summed E-state index contributed by atoms with van der Waals surface area (Å²) >= 11 is 0. The maximum atomic E-state index is 3.97. The largest absolute Gasteiger partial charge is 0.379 e. The second-order valence-electron chi connectivity index (χ2n) is 5.92. The second-order valence-corrected chi connectivity index (χ2v) is 5.92. The normalized spacial score (nSPS) is 18.0. The van der Waals surface area contributed by atoms with Crippen molar-refractivity contribution in [1.29, 1.82) is 0 Å². The Kier molecular flexibility index (Phi) is 4.68. The molecule has 1 aromatic carbocycles. The molecule has 1 heteroatoms. The third kappa shape index (κ3) is 3.20. The third-order valence-electron chi connectivity index (χ3n) is 4.48. The lowest BCUT2D eigenvalue weighted by Crippen LogP contribution is -2.40. The van der Waals surface area contributed by atoms with Crippen LogP contribution < -0.4 is 5.32 Å². The van der Waals surface area contributed by atoms with Crippen LogP contribution in [-0.4, -0.2) is 5.54 Å². The maximum Gasteiger partial charge on any atom is 0.0408 e. The highest BCUT2D eigenvalue weighted by atomic mass is 15.0. The minimum Gasteiger partial charge on any atom is -0.379 e. The average molecular weight is 257 g/mol. The number of hydrogen-bond acceptors (Lipinski definition) is 1. The van der Waals surface area contributed by atoms with Crippen LogP contribution in [0.25, 0.3) is 0 Å². The van der Waals surface area contributed by atoms with Crippen LogP contribution in [0.4, 0.5) is 5.69 Å². The Balaban J connectivity index is 2.28. The first-order chi connectivity index (χ1) is 9.21. The molecule has 0 atom stereocenters. The van der Waals surface area contributed by atoms with Crippen LogP contribution in [0.3, 0.4) is 0 Å². The molecule has 0 unspecified atom stereocenters. The number of benzene rings is 1. The van der Waals surface area contributed by atoms with E-state index in [1.54, 1.807) is 0 Å². The molecule has 0 spiro atoms. The SMILES string of the molecule is C=CCC1(Nc2c(C)cccc2CC)CCCCC1. The van der Waals surface area contributed by atoms with Crippen molar-refractivity contribution < 1.29 is 0 Å². The van der Waals surface area contributed by atoms with Gasteiger partial charge in [0.25, 0.3) is 0 Å². The molecule has 1 aromatic rings. The van der Waals surface area contributed by atoms with Crippen LogP contribution in [0, 0.1) is 6.92 Å². The van der Waals surface area contributed by atoms with E-state index >= 15 is 0 Å². The minimum atomic E-state index is 0.246. The molecule has 0 aromatic heterocycles. The fraction of sp³-hybridized carbons (Fsp3) is 0.556. The highest BCUT2D eigenvalue weighted by Crippen LogP contribution is 2.36. The van der Waals surface area contributed by atoms with Gasteiger partial charge >= 0.3 is 0 Å². The van der Waals surface area contributed by atoms with Gasteiger partial charge in [-0.15, -0.1) is 6.58 Å². The fourth-order valence-corrected chi connectivity index (χ4v) is 3.35. The van der Waals surface area contributed by atoms with Crippen molar-refractivity contribution in [2.45, 2.75) is 64.3 Å². The Bertz CT molecular complexity index is 427. The monoisotopic (exact) mass is 257 g/mol.